The molecule has 3 nitrogen and oxygen atoms in total. The molecule has 3 heteroatoms. The van der Waals surface area contributed by atoms with Crippen LogP contribution in [-0.2, 0) is 11.3 Å². The molecule has 1 atom stereocenters. The summed E-state index contributed by atoms with van der Waals surface area (Å²) in [5.74, 6) is 1.72. The molecule has 0 aliphatic heterocycles. The van der Waals surface area contributed by atoms with Crippen molar-refractivity contribution in [2.45, 2.75) is 25.9 Å². The number of para-hydroxylation sites is 1. The fourth-order valence-corrected chi connectivity index (χ4v) is 2.13. The van der Waals surface area contributed by atoms with E-state index in [0.29, 0.717) is 6.04 Å². The summed E-state index contributed by atoms with van der Waals surface area (Å²) in [6.45, 7) is 3.70. The second-order valence-corrected chi connectivity index (χ2v) is 5.00. The van der Waals surface area contributed by atoms with Crippen molar-refractivity contribution >= 4 is 0 Å². The van der Waals surface area contributed by atoms with Crippen LogP contribution in [-0.4, -0.2) is 19.8 Å². The van der Waals surface area contributed by atoms with Crippen LogP contribution >= 0.6 is 0 Å². The molecule has 0 bridgehead atoms. The van der Waals surface area contributed by atoms with E-state index in [1.807, 2.05) is 42.5 Å². The van der Waals surface area contributed by atoms with Crippen molar-refractivity contribution < 1.29 is 9.47 Å². The average molecular weight is 285 g/mol. The number of hydrogen-bond acceptors (Lipinski definition) is 3. The molecule has 2 aromatic rings. The second-order valence-electron chi connectivity index (χ2n) is 5.00. The van der Waals surface area contributed by atoms with E-state index in [0.717, 1.165) is 31.1 Å². The fourth-order valence-electron chi connectivity index (χ4n) is 2.13. The van der Waals surface area contributed by atoms with Gasteiger partial charge in [-0.15, -0.1) is 0 Å². The molecule has 0 radical (unpaired) electrons. The van der Waals surface area contributed by atoms with E-state index >= 15 is 0 Å². The van der Waals surface area contributed by atoms with Gasteiger partial charge in [0.15, 0.2) is 0 Å². The first-order chi connectivity index (χ1) is 10.3. The number of nitrogens with one attached hydrogen (secondary N) is 1. The molecule has 0 spiro atoms. The highest BCUT2D eigenvalue weighted by molar-refractivity contribution is 5.33. The van der Waals surface area contributed by atoms with Crippen LogP contribution < -0.4 is 10.1 Å². The summed E-state index contributed by atoms with van der Waals surface area (Å²) in [5.41, 5.74) is 1.21. The molecule has 1 N–H and O–H groups in total. The Bertz CT molecular complexity index is 528. The lowest BCUT2D eigenvalue weighted by molar-refractivity contribution is 0.164. The van der Waals surface area contributed by atoms with E-state index in [-0.39, 0.29) is 0 Å². The number of methoxy groups -OCH3 is 1. The fraction of sp³-hybridized carbons (Fsp3) is 0.333. The minimum Gasteiger partial charge on any atom is -0.457 e. The molecule has 0 fully saturated rings. The smallest absolute Gasteiger partial charge is 0.127 e. The normalized spacial score (nSPS) is 12.1. The SMILES string of the molecule is CCC(COC)NCc1cccc(Oc2ccccc2)c1. The first-order valence-corrected chi connectivity index (χ1v) is 7.36. The van der Waals surface area contributed by atoms with Crippen LogP contribution in [0.25, 0.3) is 0 Å². The third kappa shape index (κ3) is 5.21. The van der Waals surface area contributed by atoms with Crippen LogP contribution in [0.15, 0.2) is 54.6 Å². The van der Waals surface area contributed by atoms with Gasteiger partial charge in [-0.25, -0.2) is 0 Å². The molecule has 2 aromatic carbocycles. The third-order valence-corrected chi connectivity index (χ3v) is 3.33. The Hall–Kier alpha value is -1.84. The maximum absolute atomic E-state index is 5.85. The van der Waals surface area contributed by atoms with Crippen LogP contribution in [0, 0.1) is 0 Å². The van der Waals surface area contributed by atoms with Crippen molar-refractivity contribution in [3.05, 3.63) is 60.2 Å². The number of benzene rings is 2. The van der Waals surface area contributed by atoms with E-state index in [9.17, 15) is 0 Å². The molecule has 0 amide bonds. The lowest BCUT2D eigenvalue weighted by Gasteiger charge is -2.16. The average Bonchev–Trinajstić information content (AvgIpc) is 2.53. The summed E-state index contributed by atoms with van der Waals surface area (Å²) in [5, 5.41) is 3.50. The molecule has 112 valence electrons. The Labute approximate surface area is 126 Å². The van der Waals surface area contributed by atoms with Gasteiger partial charge in [0, 0.05) is 19.7 Å². The van der Waals surface area contributed by atoms with Gasteiger partial charge in [-0.05, 0) is 36.2 Å². The largest absolute Gasteiger partial charge is 0.457 e. The zero-order valence-electron chi connectivity index (χ0n) is 12.7. The van der Waals surface area contributed by atoms with Crippen LogP contribution in [0.1, 0.15) is 18.9 Å². The summed E-state index contributed by atoms with van der Waals surface area (Å²) < 4.78 is 11.0. The molecule has 0 saturated carbocycles. The van der Waals surface area contributed by atoms with Crippen molar-refractivity contribution in [2.75, 3.05) is 13.7 Å². The van der Waals surface area contributed by atoms with E-state index in [1.54, 1.807) is 7.11 Å². The Balaban J connectivity index is 1.94. The second kappa shape index (κ2) is 8.45. The van der Waals surface area contributed by atoms with Crippen molar-refractivity contribution in [1.82, 2.24) is 5.32 Å². The first kappa shape index (κ1) is 15.5. The van der Waals surface area contributed by atoms with Gasteiger partial charge in [0.25, 0.3) is 0 Å². The Morgan fingerprint density at radius 3 is 2.48 bits per heavy atom. The van der Waals surface area contributed by atoms with E-state index in [2.05, 4.69) is 24.4 Å². The summed E-state index contributed by atoms with van der Waals surface area (Å²) >= 11 is 0. The quantitative estimate of drug-likeness (QED) is 0.795. The molecule has 1 unspecified atom stereocenters. The van der Waals surface area contributed by atoms with Gasteiger partial charge in [0.1, 0.15) is 11.5 Å². The van der Waals surface area contributed by atoms with Crippen molar-refractivity contribution in [1.29, 1.82) is 0 Å². The molecular weight excluding hydrogens is 262 g/mol. The zero-order chi connectivity index (χ0) is 14.9. The van der Waals surface area contributed by atoms with Crippen molar-refractivity contribution in [3.8, 4) is 11.5 Å². The van der Waals surface area contributed by atoms with Crippen LogP contribution in [0.2, 0.25) is 0 Å². The summed E-state index contributed by atoms with van der Waals surface area (Å²) in [7, 11) is 1.73. The van der Waals surface area contributed by atoms with Gasteiger partial charge in [-0.1, -0.05) is 37.3 Å². The molecule has 0 heterocycles. The molecular formula is C18H23NO2. The standard InChI is InChI=1S/C18H23NO2/c1-3-16(14-20-2)19-13-15-8-7-11-18(12-15)21-17-9-5-4-6-10-17/h4-12,16,19H,3,13-14H2,1-2H3. The molecule has 2 rings (SSSR count). The Morgan fingerprint density at radius 1 is 1.00 bits per heavy atom. The first-order valence-electron chi connectivity index (χ1n) is 7.36. The highest BCUT2D eigenvalue weighted by Crippen LogP contribution is 2.21. The third-order valence-electron chi connectivity index (χ3n) is 3.33. The van der Waals surface area contributed by atoms with Gasteiger partial charge >= 0.3 is 0 Å². The summed E-state index contributed by atoms with van der Waals surface area (Å²) in [4.78, 5) is 0. The molecule has 0 aliphatic carbocycles. The monoisotopic (exact) mass is 285 g/mol. The summed E-state index contributed by atoms with van der Waals surface area (Å²) in [6, 6.07) is 18.4. The van der Waals surface area contributed by atoms with Crippen LogP contribution in [0.5, 0.6) is 11.5 Å². The Morgan fingerprint density at radius 2 is 1.76 bits per heavy atom. The predicted octanol–water partition coefficient (Wildman–Crippen LogP) is 3.99. The highest BCUT2D eigenvalue weighted by Gasteiger charge is 2.05. The van der Waals surface area contributed by atoms with Gasteiger partial charge in [0.2, 0.25) is 0 Å². The van der Waals surface area contributed by atoms with Gasteiger partial charge < -0.3 is 14.8 Å². The lowest BCUT2D eigenvalue weighted by atomic mass is 10.2. The predicted molar refractivity (Wildman–Crippen MR) is 85.8 cm³/mol. The lowest BCUT2D eigenvalue weighted by Crippen LogP contribution is -2.31. The van der Waals surface area contributed by atoms with E-state index in [4.69, 9.17) is 9.47 Å². The van der Waals surface area contributed by atoms with Gasteiger partial charge in [0.05, 0.1) is 6.61 Å². The Kier molecular flexibility index (Phi) is 6.25. The van der Waals surface area contributed by atoms with Crippen molar-refractivity contribution in [3.63, 3.8) is 0 Å². The van der Waals surface area contributed by atoms with Gasteiger partial charge in [-0.3, -0.25) is 0 Å². The van der Waals surface area contributed by atoms with Gasteiger partial charge in [-0.2, -0.15) is 0 Å². The zero-order valence-corrected chi connectivity index (χ0v) is 12.7. The molecule has 0 aliphatic rings. The molecule has 0 aromatic heterocycles. The minimum absolute atomic E-state index is 0.383. The number of hydrogen-bond donors (Lipinski definition) is 1. The topological polar surface area (TPSA) is 30.5 Å². The number of ether oxygens (including phenoxy) is 2. The molecule has 0 saturated heterocycles. The van der Waals surface area contributed by atoms with Crippen LogP contribution in [0.4, 0.5) is 0 Å². The number of rotatable bonds is 8. The summed E-state index contributed by atoms with van der Waals surface area (Å²) in [6.07, 6.45) is 1.05. The highest BCUT2D eigenvalue weighted by atomic mass is 16.5. The van der Waals surface area contributed by atoms with E-state index < -0.39 is 0 Å². The van der Waals surface area contributed by atoms with E-state index in [1.165, 1.54) is 5.56 Å². The van der Waals surface area contributed by atoms with Crippen LogP contribution in [0.3, 0.4) is 0 Å². The molecule has 21 heavy (non-hydrogen) atoms. The van der Waals surface area contributed by atoms with Crippen molar-refractivity contribution in [2.24, 2.45) is 0 Å². The maximum atomic E-state index is 5.85. The maximum Gasteiger partial charge on any atom is 0.127 e. The minimum atomic E-state index is 0.383.